The van der Waals surface area contributed by atoms with Crippen molar-refractivity contribution in [1.82, 2.24) is 14.9 Å². The first-order chi connectivity index (χ1) is 12.7. The van der Waals surface area contributed by atoms with Gasteiger partial charge in [-0.05, 0) is 17.7 Å². The molecule has 3 aromatic heterocycles. The van der Waals surface area contributed by atoms with Crippen LogP contribution in [0.15, 0.2) is 69.6 Å². The second kappa shape index (κ2) is 6.97. The number of amides is 1. The molecular formula is C19H15N3O3S. The molecule has 0 aliphatic carbocycles. The minimum absolute atomic E-state index is 0.0823. The van der Waals surface area contributed by atoms with E-state index >= 15 is 0 Å². The Morgan fingerprint density at radius 1 is 1.19 bits per heavy atom. The van der Waals surface area contributed by atoms with Gasteiger partial charge in [0.1, 0.15) is 17.0 Å². The average Bonchev–Trinajstić information content (AvgIpc) is 3.33. The number of nitrogens with zero attached hydrogens (tertiary/aromatic N) is 2. The van der Waals surface area contributed by atoms with Crippen LogP contribution in [0, 0.1) is 0 Å². The highest BCUT2D eigenvalue weighted by molar-refractivity contribution is 7.17. The van der Waals surface area contributed by atoms with E-state index in [-0.39, 0.29) is 24.6 Å². The number of furan rings is 1. The molecule has 3 heterocycles. The summed E-state index contributed by atoms with van der Waals surface area (Å²) in [6.45, 7) is 0.203. The van der Waals surface area contributed by atoms with E-state index < -0.39 is 0 Å². The summed E-state index contributed by atoms with van der Waals surface area (Å²) in [5.41, 5.74) is 2.39. The number of hydrogen-bond acceptors (Lipinski definition) is 5. The molecule has 0 aliphatic rings. The second-order valence-electron chi connectivity index (χ2n) is 5.73. The number of thiophene rings is 1. The van der Waals surface area contributed by atoms with Crippen LogP contribution in [0.5, 0.6) is 0 Å². The second-order valence-corrected chi connectivity index (χ2v) is 6.61. The highest BCUT2D eigenvalue weighted by Gasteiger charge is 2.14. The number of carbonyl (C=O) groups is 1. The molecule has 0 saturated carbocycles. The van der Waals surface area contributed by atoms with Crippen molar-refractivity contribution in [3.8, 4) is 11.1 Å². The Morgan fingerprint density at radius 2 is 2.04 bits per heavy atom. The highest BCUT2D eigenvalue weighted by atomic mass is 32.1. The number of fused-ring (bicyclic) bond motifs is 1. The molecule has 1 N–H and O–H groups in total. The molecule has 4 rings (SSSR count). The fraction of sp³-hybridized carbons (Fsp3) is 0.105. The predicted molar refractivity (Wildman–Crippen MR) is 99.9 cm³/mol. The van der Waals surface area contributed by atoms with E-state index in [4.69, 9.17) is 4.42 Å². The molecule has 0 radical (unpaired) electrons. The monoisotopic (exact) mass is 365 g/mol. The maximum absolute atomic E-state index is 12.7. The van der Waals surface area contributed by atoms with Crippen molar-refractivity contribution >= 4 is 27.5 Å². The summed E-state index contributed by atoms with van der Waals surface area (Å²) in [5.74, 6) is 0.384. The van der Waals surface area contributed by atoms with Gasteiger partial charge in [0, 0.05) is 10.9 Å². The number of carbonyl (C=O) groups excluding carboxylic acids is 1. The van der Waals surface area contributed by atoms with Crippen LogP contribution >= 0.6 is 11.3 Å². The Bertz CT molecular complexity index is 1100. The third kappa shape index (κ3) is 3.16. The lowest BCUT2D eigenvalue weighted by Gasteiger charge is -2.06. The van der Waals surface area contributed by atoms with Gasteiger partial charge in [-0.1, -0.05) is 30.3 Å². The van der Waals surface area contributed by atoms with Gasteiger partial charge in [-0.25, -0.2) is 4.98 Å². The van der Waals surface area contributed by atoms with E-state index in [1.54, 1.807) is 18.4 Å². The largest absolute Gasteiger partial charge is 0.467 e. The van der Waals surface area contributed by atoms with Gasteiger partial charge in [0.15, 0.2) is 0 Å². The summed E-state index contributed by atoms with van der Waals surface area (Å²) in [6.07, 6.45) is 2.97. The smallest absolute Gasteiger partial charge is 0.271 e. The number of benzene rings is 1. The molecule has 0 saturated heterocycles. The summed E-state index contributed by atoms with van der Waals surface area (Å²) in [4.78, 5) is 29.2. The fourth-order valence-corrected chi connectivity index (χ4v) is 3.66. The van der Waals surface area contributed by atoms with Gasteiger partial charge in [0.05, 0.1) is 24.7 Å². The third-order valence-corrected chi connectivity index (χ3v) is 4.94. The molecule has 0 atom stereocenters. The van der Waals surface area contributed by atoms with Crippen molar-refractivity contribution in [2.45, 2.75) is 13.1 Å². The molecule has 130 valence electrons. The van der Waals surface area contributed by atoms with Crippen LogP contribution in [-0.2, 0) is 17.9 Å². The van der Waals surface area contributed by atoms with E-state index in [0.29, 0.717) is 16.0 Å². The number of aromatic nitrogens is 2. The van der Waals surface area contributed by atoms with Crippen molar-refractivity contribution in [3.63, 3.8) is 0 Å². The SMILES string of the molecule is O=C(Cn1cnc2c(-c3ccccc3)csc2c1=O)NCc1ccco1. The Labute approximate surface area is 152 Å². The summed E-state index contributed by atoms with van der Waals surface area (Å²) in [5, 5.41) is 4.65. The topological polar surface area (TPSA) is 77.1 Å². The number of hydrogen-bond donors (Lipinski definition) is 1. The molecule has 0 fully saturated rings. The summed E-state index contributed by atoms with van der Waals surface area (Å²) in [6, 6.07) is 13.3. The van der Waals surface area contributed by atoms with Crippen LogP contribution in [0.3, 0.4) is 0 Å². The number of nitrogens with one attached hydrogen (secondary N) is 1. The zero-order valence-corrected chi connectivity index (χ0v) is 14.5. The molecule has 26 heavy (non-hydrogen) atoms. The molecule has 0 bridgehead atoms. The van der Waals surface area contributed by atoms with Crippen molar-refractivity contribution in [2.24, 2.45) is 0 Å². The van der Waals surface area contributed by atoms with Crippen LogP contribution in [0.25, 0.3) is 21.3 Å². The van der Waals surface area contributed by atoms with Gasteiger partial charge in [0.2, 0.25) is 5.91 Å². The maximum Gasteiger partial charge on any atom is 0.271 e. The Hall–Kier alpha value is -3.19. The molecule has 0 aliphatic heterocycles. The Morgan fingerprint density at radius 3 is 2.81 bits per heavy atom. The normalized spacial score (nSPS) is 10.9. The predicted octanol–water partition coefficient (Wildman–Crippen LogP) is 3.03. The standard InChI is InChI=1S/C19H15N3O3S/c23-16(20-9-14-7-4-8-25-14)10-22-12-21-17-15(11-26-18(17)19(22)24)13-5-2-1-3-6-13/h1-8,11-12H,9-10H2,(H,20,23). The molecule has 0 unspecified atom stereocenters. The summed E-state index contributed by atoms with van der Waals surface area (Å²) < 4.78 is 7.04. The minimum atomic E-state index is -0.274. The zero-order chi connectivity index (χ0) is 17.9. The lowest BCUT2D eigenvalue weighted by atomic mass is 10.1. The molecular weight excluding hydrogens is 350 g/mol. The molecule has 6 nitrogen and oxygen atoms in total. The quantitative estimate of drug-likeness (QED) is 0.590. The van der Waals surface area contributed by atoms with E-state index in [1.165, 1.54) is 22.2 Å². The van der Waals surface area contributed by atoms with E-state index in [9.17, 15) is 9.59 Å². The van der Waals surface area contributed by atoms with Crippen molar-refractivity contribution in [2.75, 3.05) is 0 Å². The van der Waals surface area contributed by atoms with E-state index in [2.05, 4.69) is 10.3 Å². The van der Waals surface area contributed by atoms with Crippen molar-refractivity contribution in [3.05, 3.63) is 76.5 Å². The minimum Gasteiger partial charge on any atom is -0.467 e. The van der Waals surface area contributed by atoms with Gasteiger partial charge in [-0.2, -0.15) is 0 Å². The van der Waals surface area contributed by atoms with Crippen LogP contribution in [-0.4, -0.2) is 15.5 Å². The van der Waals surface area contributed by atoms with E-state index in [1.807, 2.05) is 35.7 Å². The summed E-state index contributed by atoms with van der Waals surface area (Å²) in [7, 11) is 0. The van der Waals surface area contributed by atoms with Gasteiger partial charge >= 0.3 is 0 Å². The fourth-order valence-electron chi connectivity index (χ4n) is 2.69. The first-order valence-electron chi connectivity index (χ1n) is 8.03. The van der Waals surface area contributed by atoms with E-state index in [0.717, 1.165) is 11.1 Å². The Balaban J connectivity index is 1.56. The lowest BCUT2D eigenvalue weighted by molar-refractivity contribution is -0.121. The van der Waals surface area contributed by atoms with Gasteiger partial charge in [0.25, 0.3) is 5.56 Å². The maximum atomic E-state index is 12.7. The molecule has 4 aromatic rings. The van der Waals surface area contributed by atoms with Gasteiger partial charge in [-0.15, -0.1) is 11.3 Å². The van der Waals surface area contributed by atoms with Crippen molar-refractivity contribution < 1.29 is 9.21 Å². The molecule has 0 spiro atoms. The first-order valence-corrected chi connectivity index (χ1v) is 8.91. The van der Waals surface area contributed by atoms with Crippen LogP contribution in [0.1, 0.15) is 5.76 Å². The highest BCUT2D eigenvalue weighted by Crippen LogP contribution is 2.30. The third-order valence-electron chi connectivity index (χ3n) is 3.98. The van der Waals surface area contributed by atoms with Crippen LogP contribution in [0.2, 0.25) is 0 Å². The van der Waals surface area contributed by atoms with Crippen LogP contribution in [0.4, 0.5) is 0 Å². The first kappa shape index (κ1) is 16.3. The molecule has 1 aromatic carbocycles. The zero-order valence-electron chi connectivity index (χ0n) is 13.7. The Kier molecular flexibility index (Phi) is 4.37. The average molecular weight is 365 g/mol. The van der Waals surface area contributed by atoms with Gasteiger partial charge in [-0.3, -0.25) is 14.2 Å². The molecule has 7 heteroatoms. The molecule has 1 amide bonds. The number of rotatable bonds is 5. The van der Waals surface area contributed by atoms with Crippen LogP contribution < -0.4 is 10.9 Å². The van der Waals surface area contributed by atoms with Crippen molar-refractivity contribution in [1.29, 1.82) is 0 Å². The van der Waals surface area contributed by atoms with Gasteiger partial charge < -0.3 is 9.73 Å². The summed E-state index contributed by atoms with van der Waals surface area (Å²) >= 11 is 1.35. The lowest BCUT2D eigenvalue weighted by Crippen LogP contribution is -2.31.